The fourth-order valence-electron chi connectivity index (χ4n) is 3.56. The van der Waals surface area contributed by atoms with Crippen LogP contribution in [0.4, 0.5) is 0 Å². The Labute approximate surface area is 179 Å². The summed E-state index contributed by atoms with van der Waals surface area (Å²) >= 11 is 2.83. The molecule has 0 unspecified atom stereocenters. The van der Waals surface area contributed by atoms with Crippen LogP contribution in [-0.4, -0.2) is 46.9 Å². The number of imidazole rings is 1. The Hall–Kier alpha value is -1.68. The van der Waals surface area contributed by atoms with Crippen molar-refractivity contribution in [1.29, 1.82) is 0 Å². The molecular formula is C20H23N3O3S3. The van der Waals surface area contributed by atoms with Crippen LogP contribution in [0, 0.1) is 0 Å². The maximum atomic E-state index is 13.0. The van der Waals surface area contributed by atoms with E-state index in [1.165, 1.54) is 23.1 Å². The molecule has 3 aromatic rings. The predicted octanol–water partition coefficient (Wildman–Crippen LogP) is 4.27. The van der Waals surface area contributed by atoms with Crippen molar-refractivity contribution in [3.8, 4) is 0 Å². The molecule has 0 bridgehead atoms. The maximum Gasteiger partial charge on any atom is 0.243 e. The summed E-state index contributed by atoms with van der Waals surface area (Å²) in [6.45, 7) is 3.88. The lowest BCUT2D eigenvalue weighted by molar-refractivity contribution is 0.102. The highest BCUT2D eigenvalue weighted by Gasteiger charge is 2.26. The molecule has 0 N–H and O–H groups in total. The molecule has 4 rings (SSSR count). The number of fused-ring (bicyclic) bond motifs is 1. The van der Waals surface area contributed by atoms with Gasteiger partial charge in [-0.3, -0.25) is 4.79 Å². The molecule has 0 aliphatic carbocycles. The first kappa shape index (κ1) is 20.6. The molecule has 154 valence electrons. The van der Waals surface area contributed by atoms with Crippen LogP contribution in [0.1, 0.15) is 35.9 Å². The molecule has 3 heterocycles. The van der Waals surface area contributed by atoms with E-state index < -0.39 is 10.0 Å². The van der Waals surface area contributed by atoms with Gasteiger partial charge in [-0.15, -0.1) is 11.3 Å². The van der Waals surface area contributed by atoms with E-state index in [-0.39, 0.29) is 5.78 Å². The molecule has 6 nitrogen and oxygen atoms in total. The zero-order chi connectivity index (χ0) is 20.4. The number of benzene rings is 1. The second-order valence-corrected chi connectivity index (χ2v) is 10.8. The minimum atomic E-state index is -3.49. The summed E-state index contributed by atoms with van der Waals surface area (Å²) < 4.78 is 29.6. The van der Waals surface area contributed by atoms with Crippen LogP contribution in [0.3, 0.4) is 0 Å². The van der Waals surface area contributed by atoms with Crippen molar-refractivity contribution in [2.45, 2.75) is 42.8 Å². The van der Waals surface area contributed by atoms with Crippen LogP contribution in [0.25, 0.3) is 11.0 Å². The van der Waals surface area contributed by atoms with Gasteiger partial charge in [0.25, 0.3) is 0 Å². The van der Waals surface area contributed by atoms with Crippen LogP contribution in [0.2, 0.25) is 0 Å². The largest absolute Gasteiger partial charge is 0.319 e. The number of hydrogen-bond acceptors (Lipinski definition) is 6. The second-order valence-electron chi connectivity index (χ2n) is 6.94. The molecule has 0 radical (unpaired) electrons. The van der Waals surface area contributed by atoms with Crippen molar-refractivity contribution in [2.75, 3.05) is 18.8 Å². The van der Waals surface area contributed by atoms with E-state index in [0.29, 0.717) is 35.8 Å². The van der Waals surface area contributed by atoms with Crippen LogP contribution in [0.5, 0.6) is 0 Å². The summed E-state index contributed by atoms with van der Waals surface area (Å²) in [5, 5.41) is 2.63. The minimum Gasteiger partial charge on any atom is -0.319 e. The van der Waals surface area contributed by atoms with Gasteiger partial charge < -0.3 is 4.57 Å². The summed E-state index contributed by atoms with van der Waals surface area (Å²) in [5.41, 5.74) is 1.53. The lowest BCUT2D eigenvalue weighted by atomic mass is 10.2. The van der Waals surface area contributed by atoms with Gasteiger partial charge in [-0.2, -0.15) is 4.31 Å². The maximum absolute atomic E-state index is 13.0. The van der Waals surface area contributed by atoms with Crippen molar-refractivity contribution < 1.29 is 13.2 Å². The number of ketones is 1. The number of carbonyl (C=O) groups excluding carboxylic acids is 1. The molecule has 1 aliphatic heterocycles. The Morgan fingerprint density at radius 2 is 2.00 bits per heavy atom. The van der Waals surface area contributed by atoms with E-state index in [0.717, 1.165) is 34.8 Å². The Balaban J connectivity index is 1.61. The normalized spacial score (nSPS) is 15.8. The van der Waals surface area contributed by atoms with Crippen molar-refractivity contribution in [1.82, 2.24) is 13.9 Å². The van der Waals surface area contributed by atoms with Crippen LogP contribution in [-0.2, 0) is 16.6 Å². The molecule has 1 aromatic carbocycles. The summed E-state index contributed by atoms with van der Waals surface area (Å²) in [4.78, 5) is 18.0. The Morgan fingerprint density at radius 3 is 2.69 bits per heavy atom. The topological polar surface area (TPSA) is 72.3 Å². The van der Waals surface area contributed by atoms with Gasteiger partial charge in [0.1, 0.15) is 0 Å². The number of hydrogen-bond donors (Lipinski definition) is 0. The molecule has 2 aromatic heterocycles. The van der Waals surface area contributed by atoms with Crippen molar-refractivity contribution in [3.63, 3.8) is 0 Å². The van der Waals surface area contributed by atoms with Gasteiger partial charge in [0.05, 0.1) is 26.6 Å². The Kier molecular flexibility index (Phi) is 6.10. The molecule has 9 heteroatoms. The highest BCUT2D eigenvalue weighted by Crippen LogP contribution is 2.28. The molecule has 1 aliphatic rings. The molecule has 0 atom stereocenters. The van der Waals surface area contributed by atoms with Gasteiger partial charge in [-0.25, -0.2) is 13.4 Å². The lowest BCUT2D eigenvalue weighted by Crippen LogP contribution is -2.35. The first-order valence-corrected chi connectivity index (χ1v) is 13.0. The fraction of sp³-hybridized carbons (Fsp3) is 0.400. The van der Waals surface area contributed by atoms with E-state index in [2.05, 4.69) is 4.98 Å². The highest BCUT2D eigenvalue weighted by atomic mass is 32.2. The molecule has 0 spiro atoms. The summed E-state index contributed by atoms with van der Waals surface area (Å²) in [6, 6.07) is 8.86. The van der Waals surface area contributed by atoms with Gasteiger partial charge in [-0.05, 0) is 49.4 Å². The van der Waals surface area contributed by atoms with Crippen molar-refractivity contribution in [3.05, 3.63) is 40.6 Å². The van der Waals surface area contributed by atoms with E-state index in [1.807, 2.05) is 35.1 Å². The van der Waals surface area contributed by atoms with Crippen LogP contribution in [0.15, 0.2) is 45.8 Å². The number of thiophene rings is 1. The Bertz CT molecular complexity index is 1110. The standard InChI is InChI=1S/C20H23N3O3S3/c1-2-23-17-9-8-15(29(25,26)22-10-4-3-5-11-22)13-16(17)21-20(23)28-14-18(24)19-7-6-12-27-19/h6-9,12-13H,2-5,10-11,14H2,1H3. The third kappa shape index (κ3) is 4.14. The quantitative estimate of drug-likeness (QED) is 0.398. The van der Waals surface area contributed by atoms with Gasteiger partial charge in [-0.1, -0.05) is 24.2 Å². The number of sulfonamides is 1. The zero-order valence-electron chi connectivity index (χ0n) is 16.2. The summed E-state index contributed by atoms with van der Waals surface area (Å²) in [5.74, 6) is 0.385. The number of piperidine rings is 1. The molecule has 1 fully saturated rings. The highest BCUT2D eigenvalue weighted by molar-refractivity contribution is 7.99. The Morgan fingerprint density at radius 1 is 1.21 bits per heavy atom. The monoisotopic (exact) mass is 449 g/mol. The smallest absolute Gasteiger partial charge is 0.243 e. The molecular weight excluding hydrogens is 426 g/mol. The van der Waals surface area contributed by atoms with E-state index >= 15 is 0 Å². The SMILES string of the molecule is CCn1c(SCC(=O)c2cccs2)nc2cc(S(=O)(=O)N3CCCCC3)ccc21. The summed E-state index contributed by atoms with van der Waals surface area (Å²) in [6.07, 6.45) is 2.90. The van der Waals surface area contributed by atoms with Gasteiger partial charge in [0, 0.05) is 19.6 Å². The number of thioether (sulfide) groups is 1. The first-order chi connectivity index (χ1) is 14.0. The number of aromatic nitrogens is 2. The van der Waals surface area contributed by atoms with Gasteiger partial charge >= 0.3 is 0 Å². The van der Waals surface area contributed by atoms with E-state index in [9.17, 15) is 13.2 Å². The number of nitrogens with zero attached hydrogens (tertiary/aromatic N) is 3. The van der Waals surface area contributed by atoms with Gasteiger partial charge in [0.15, 0.2) is 10.9 Å². The van der Waals surface area contributed by atoms with Crippen LogP contribution >= 0.6 is 23.1 Å². The zero-order valence-corrected chi connectivity index (χ0v) is 18.7. The molecule has 0 saturated carbocycles. The molecule has 0 amide bonds. The first-order valence-electron chi connectivity index (χ1n) is 9.70. The number of aryl methyl sites for hydroxylation is 1. The lowest BCUT2D eigenvalue weighted by Gasteiger charge is -2.25. The van der Waals surface area contributed by atoms with E-state index in [4.69, 9.17) is 0 Å². The molecule has 1 saturated heterocycles. The minimum absolute atomic E-state index is 0.0769. The number of carbonyl (C=O) groups is 1. The van der Waals surface area contributed by atoms with Crippen molar-refractivity contribution in [2.24, 2.45) is 0 Å². The third-order valence-electron chi connectivity index (χ3n) is 5.08. The number of rotatable bonds is 7. The van der Waals surface area contributed by atoms with Crippen molar-refractivity contribution >= 4 is 49.9 Å². The molecule has 29 heavy (non-hydrogen) atoms. The second kappa shape index (κ2) is 8.59. The predicted molar refractivity (Wildman–Crippen MR) is 117 cm³/mol. The average molecular weight is 450 g/mol. The van der Waals surface area contributed by atoms with E-state index in [1.54, 1.807) is 16.4 Å². The van der Waals surface area contributed by atoms with Gasteiger partial charge in [0.2, 0.25) is 10.0 Å². The number of Topliss-reactive ketones (excluding diaryl/α,β-unsaturated/α-hetero) is 1. The fourth-order valence-corrected chi connectivity index (χ4v) is 6.81. The summed E-state index contributed by atoms with van der Waals surface area (Å²) in [7, 11) is -3.49. The average Bonchev–Trinajstić information content (AvgIpc) is 3.39. The third-order valence-corrected chi connectivity index (χ3v) is 8.86. The van der Waals surface area contributed by atoms with Crippen LogP contribution < -0.4 is 0 Å².